The Morgan fingerprint density at radius 3 is 2.32 bits per heavy atom. The van der Waals surface area contributed by atoms with Crippen molar-refractivity contribution in [1.82, 2.24) is 18.9 Å². The minimum atomic E-state index is -1.27. The van der Waals surface area contributed by atoms with E-state index in [4.69, 9.17) is 37.8 Å². The van der Waals surface area contributed by atoms with Gasteiger partial charge in [0, 0.05) is 73.0 Å². The second kappa shape index (κ2) is 16.0. The number of phenolic OH excluding ortho intramolecular Hbond substituents is 1. The number of hydrogen-bond donors (Lipinski definition) is 2. The molecule has 4 heterocycles. The third-order valence-electron chi connectivity index (χ3n) is 11.6. The van der Waals surface area contributed by atoms with Crippen molar-refractivity contribution < 1.29 is 29.3 Å². The van der Waals surface area contributed by atoms with E-state index in [1.807, 2.05) is 56.6 Å². The molecule has 0 spiro atoms. The van der Waals surface area contributed by atoms with Crippen molar-refractivity contribution >= 4 is 70.6 Å². The van der Waals surface area contributed by atoms with Gasteiger partial charge in [-0.2, -0.15) is 5.10 Å². The van der Waals surface area contributed by atoms with Crippen LogP contribution in [0, 0.1) is 34.6 Å². The number of fused-ring (bicyclic) bond motifs is 4. The highest BCUT2D eigenvalue weighted by molar-refractivity contribution is 6.76. The molecule has 1 aliphatic rings. The first-order chi connectivity index (χ1) is 27.8. The molecule has 0 saturated carbocycles. The van der Waals surface area contributed by atoms with Crippen molar-refractivity contribution in [3.63, 3.8) is 0 Å². The van der Waals surface area contributed by atoms with Gasteiger partial charge < -0.3 is 33.7 Å². The van der Waals surface area contributed by atoms with Crippen molar-refractivity contribution in [1.29, 1.82) is 0 Å². The van der Waals surface area contributed by atoms with Crippen LogP contribution < -0.4 is 9.64 Å². The Hall–Kier alpha value is -4.75. The van der Waals surface area contributed by atoms with E-state index in [-0.39, 0.29) is 29.9 Å². The van der Waals surface area contributed by atoms with Crippen molar-refractivity contribution in [2.45, 2.75) is 92.8 Å². The number of rotatable bonds is 13. The molecule has 6 aromatic rings. The molecule has 1 atom stereocenters. The summed E-state index contributed by atoms with van der Waals surface area (Å²) in [5, 5.41) is 28.8. The number of nitrogens with zero attached hydrogens (tertiary/aromatic N) is 5. The predicted octanol–water partition coefficient (Wildman–Crippen LogP) is 10.8. The van der Waals surface area contributed by atoms with Crippen LogP contribution in [0.15, 0.2) is 36.4 Å². The number of carboxylic acids is 1. The maximum Gasteiger partial charge on any atom is 0.352 e. The number of ether oxygens (including phenoxy) is 2. The molecule has 11 nitrogen and oxygen atoms in total. The van der Waals surface area contributed by atoms with Gasteiger partial charge in [-0.3, -0.25) is 4.79 Å². The Balaban J connectivity index is 1.37. The number of phenols is 1. The quantitative estimate of drug-likeness (QED) is 0.0875. The van der Waals surface area contributed by atoms with Gasteiger partial charge in [0.05, 0.1) is 34.0 Å². The minimum Gasteiger partial charge on any atom is -0.508 e. The van der Waals surface area contributed by atoms with Gasteiger partial charge in [-0.25, -0.2) is 9.48 Å². The Morgan fingerprint density at radius 1 is 0.966 bits per heavy atom. The summed E-state index contributed by atoms with van der Waals surface area (Å²) in [7, 11) is 0.407. The lowest BCUT2D eigenvalue weighted by atomic mass is 9.98. The van der Waals surface area contributed by atoms with Crippen LogP contribution in [-0.2, 0) is 24.9 Å². The van der Waals surface area contributed by atoms with Gasteiger partial charge in [-0.15, -0.1) is 0 Å². The van der Waals surface area contributed by atoms with E-state index in [1.165, 1.54) is 0 Å². The topological polar surface area (TPSA) is 124 Å². The SMILES string of the molecule is Cc1cc(OCCCc2c3n(c4c(-c5c(C)nn(COCC[Si](C)(C)C)c5C)c(Cl)ccc24)[C@H](C)CN(c2cc(O)cc4c(C)c(C(=O)O)n(C)c24)C3=O)cc(C)c1Cl. The summed E-state index contributed by atoms with van der Waals surface area (Å²) in [5.74, 6) is -0.674. The summed E-state index contributed by atoms with van der Waals surface area (Å²) in [6.45, 7) is 20.3. The first kappa shape index (κ1) is 42.4. The molecule has 0 unspecified atom stereocenters. The van der Waals surface area contributed by atoms with Gasteiger partial charge in [0.25, 0.3) is 5.91 Å². The number of carbonyl (C=O) groups is 2. The normalized spacial score (nSPS) is 14.5. The third kappa shape index (κ3) is 7.64. The first-order valence-corrected chi connectivity index (χ1v) is 24.5. The summed E-state index contributed by atoms with van der Waals surface area (Å²) in [6.07, 6.45) is 1.12. The number of halogens is 2. The molecule has 0 saturated heterocycles. The molecular weight excluding hydrogens is 806 g/mol. The van der Waals surface area contributed by atoms with Crippen LogP contribution in [0.4, 0.5) is 5.69 Å². The van der Waals surface area contributed by atoms with Gasteiger partial charge in [0.1, 0.15) is 29.6 Å². The second-order valence-corrected chi connectivity index (χ2v) is 23.6. The van der Waals surface area contributed by atoms with E-state index < -0.39 is 14.0 Å². The largest absolute Gasteiger partial charge is 0.508 e. The number of anilines is 1. The summed E-state index contributed by atoms with van der Waals surface area (Å²) >= 11 is 13.7. The van der Waals surface area contributed by atoms with E-state index in [0.717, 1.165) is 66.9 Å². The van der Waals surface area contributed by atoms with Crippen molar-refractivity contribution in [2.75, 3.05) is 24.7 Å². The van der Waals surface area contributed by atoms with Crippen LogP contribution >= 0.6 is 23.2 Å². The lowest BCUT2D eigenvalue weighted by molar-refractivity contribution is 0.0686. The summed E-state index contributed by atoms with van der Waals surface area (Å²) in [4.78, 5) is 29.4. The molecule has 59 heavy (non-hydrogen) atoms. The number of hydrogen-bond acceptors (Lipinski definition) is 6. The summed E-state index contributed by atoms with van der Waals surface area (Å²) in [5.41, 5.74) is 9.12. The number of aromatic hydroxyl groups is 1. The highest BCUT2D eigenvalue weighted by atomic mass is 35.5. The zero-order valence-electron chi connectivity index (χ0n) is 35.5. The van der Waals surface area contributed by atoms with Gasteiger partial charge in [-0.05, 0) is 107 Å². The predicted molar refractivity (Wildman–Crippen MR) is 239 cm³/mol. The van der Waals surface area contributed by atoms with Crippen molar-refractivity contribution in [2.24, 2.45) is 7.05 Å². The Labute approximate surface area is 356 Å². The average molecular weight is 859 g/mol. The van der Waals surface area contributed by atoms with Crippen LogP contribution in [0.3, 0.4) is 0 Å². The van der Waals surface area contributed by atoms with Gasteiger partial charge in [0.2, 0.25) is 0 Å². The Kier molecular flexibility index (Phi) is 11.5. The smallest absolute Gasteiger partial charge is 0.352 e. The molecule has 3 aromatic carbocycles. The molecule has 1 aliphatic heterocycles. The van der Waals surface area contributed by atoms with E-state index in [2.05, 4.69) is 31.1 Å². The van der Waals surface area contributed by atoms with Gasteiger partial charge in [0.15, 0.2) is 0 Å². The number of carboxylic acid groups (broad SMARTS) is 1. The van der Waals surface area contributed by atoms with Crippen LogP contribution in [-0.4, -0.2) is 68.8 Å². The van der Waals surface area contributed by atoms with E-state index >= 15 is 4.79 Å². The fourth-order valence-electron chi connectivity index (χ4n) is 8.76. The van der Waals surface area contributed by atoms with Gasteiger partial charge >= 0.3 is 5.97 Å². The highest BCUT2D eigenvalue weighted by Crippen LogP contribution is 2.46. The zero-order valence-corrected chi connectivity index (χ0v) is 38.0. The lowest BCUT2D eigenvalue weighted by Gasteiger charge is -2.35. The molecule has 3 aromatic heterocycles. The van der Waals surface area contributed by atoms with Gasteiger partial charge in [-0.1, -0.05) is 48.9 Å². The zero-order chi connectivity index (χ0) is 42.8. The average Bonchev–Trinajstić information content (AvgIpc) is 3.73. The number of aromatic nitrogens is 4. The highest BCUT2D eigenvalue weighted by Gasteiger charge is 2.38. The maximum atomic E-state index is 15.3. The molecule has 2 N–H and O–H groups in total. The molecule has 0 radical (unpaired) electrons. The molecule has 0 aliphatic carbocycles. The molecule has 0 bridgehead atoms. The number of aromatic carboxylic acids is 1. The van der Waals surface area contributed by atoms with Crippen LogP contribution in [0.1, 0.15) is 74.0 Å². The minimum absolute atomic E-state index is 0.0590. The van der Waals surface area contributed by atoms with Crippen LogP contribution in [0.2, 0.25) is 35.7 Å². The fourth-order valence-corrected chi connectivity index (χ4v) is 9.87. The third-order valence-corrected chi connectivity index (χ3v) is 14.3. The Morgan fingerprint density at radius 2 is 1.66 bits per heavy atom. The molecule has 312 valence electrons. The Bertz CT molecular complexity index is 2650. The second-order valence-electron chi connectivity index (χ2n) is 17.2. The fraction of sp³-hybridized carbons (Fsp3) is 0.400. The monoisotopic (exact) mass is 857 g/mol. The van der Waals surface area contributed by atoms with E-state index in [1.54, 1.807) is 35.6 Å². The van der Waals surface area contributed by atoms with Crippen LogP contribution in [0.5, 0.6) is 11.5 Å². The molecule has 14 heteroatoms. The molecule has 1 amide bonds. The summed E-state index contributed by atoms with van der Waals surface area (Å²) in [6, 6.07) is 11.7. The van der Waals surface area contributed by atoms with Crippen molar-refractivity contribution in [3.05, 3.63) is 91.5 Å². The number of carbonyl (C=O) groups excluding carboxylic acids is 1. The molecule has 0 fully saturated rings. The first-order valence-electron chi connectivity index (χ1n) is 20.0. The number of aryl methyl sites for hydroxylation is 6. The molecule has 7 rings (SSSR count). The van der Waals surface area contributed by atoms with E-state index in [0.29, 0.717) is 65.7 Å². The maximum absolute atomic E-state index is 15.3. The number of amides is 1. The van der Waals surface area contributed by atoms with Crippen molar-refractivity contribution in [3.8, 4) is 22.6 Å². The lowest BCUT2D eigenvalue weighted by Crippen LogP contribution is -2.43. The van der Waals surface area contributed by atoms with E-state index in [9.17, 15) is 15.0 Å². The molecular formula is C45H53Cl2N5O6Si. The van der Waals surface area contributed by atoms with Crippen LogP contribution in [0.25, 0.3) is 32.9 Å². The standard InChI is InChI=1S/C45H53Cl2N5O6Si/c1-24-18-31(19-25(2)39(24)47)58-15-11-12-32-33-13-14-35(46)38(37-28(5)48-51(29(37)6)23-57-16-17-59(8,9)10)42(33)52-26(3)22-50(44(54)43(32)52)36-21-30(53)20-34-27(4)40(45(55)56)49(7)41(34)36/h13-14,18-21,26,53H,11-12,15-17,22-23H2,1-10H3,(H,55,56)/t26-/m1/s1. The summed E-state index contributed by atoms with van der Waals surface area (Å²) < 4.78 is 18.0. The number of benzene rings is 3.